The second kappa shape index (κ2) is 2.98. The van der Waals surface area contributed by atoms with Crippen molar-refractivity contribution < 1.29 is 19.5 Å². The molecule has 0 saturated heterocycles. The van der Waals surface area contributed by atoms with E-state index in [1.54, 1.807) is 0 Å². The van der Waals surface area contributed by atoms with Gasteiger partial charge in [0.05, 0.1) is 0 Å². The first kappa shape index (κ1) is 6.90. The molecule has 0 spiro atoms. The van der Waals surface area contributed by atoms with Crippen LogP contribution in [0.15, 0.2) is 0 Å². The number of hydroxylamine groups is 1. The first-order valence-corrected chi connectivity index (χ1v) is 1.79. The Morgan fingerprint density at radius 2 is 2.12 bits per heavy atom. The van der Waals surface area contributed by atoms with E-state index in [1.807, 2.05) is 5.48 Å². The van der Waals surface area contributed by atoms with Gasteiger partial charge < -0.3 is 9.94 Å². The Balaban J connectivity index is 3.49. The van der Waals surface area contributed by atoms with Gasteiger partial charge in [0, 0.05) is 7.05 Å². The van der Waals surface area contributed by atoms with Gasteiger partial charge in [0.15, 0.2) is 0 Å². The topological polar surface area (TPSA) is 75.6 Å². The summed E-state index contributed by atoms with van der Waals surface area (Å²) in [5.41, 5.74) is 1.92. The summed E-state index contributed by atoms with van der Waals surface area (Å²) < 4.78 is 0. The number of carboxylic acids is 1. The molecule has 0 aromatic carbocycles. The Labute approximate surface area is 45.2 Å². The van der Waals surface area contributed by atoms with Crippen LogP contribution in [0.3, 0.4) is 0 Å². The van der Waals surface area contributed by atoms with Gasteiger partial charge in [-0.05, 0) is 0 Å². The minimum Gasteiger partial charge on any atom is -0.473 e. The predicted octanol–water partition coefficient (Wildman–Crippen LogP) is -1.25. The summed E-state index contributed by atoms with van der Waals surface area (Å²) in [5, 5.41) is 7.80. The quantitative estimate of drug-likeness (QED) is 0.333. The molecular weight excluding hydrogens is 114 g/mol. The standard InChI is InChI=1S/C3H5NO4/c1-4-8-3(7)2(5)6/h4H,1H3,(H,5,6). The van der Waals surface area contributed by atoms with Crippen molar-refractivity contribution in [2.24, 2.45) is 0 Å². The number of carbonyl (C=O) groups excluding carboxylic acids is 1. The molecule has 46 valence electrons. The molecule has 0 aromatic rings. The summed E-state index contributed by atoms with van der Waals surface area (Å²) in [6.45, 7) is 0. The van der Waals surface area contributed by atoms with Gasteiger partial charge in [0.2, 0.25) is 0 Å². The zero-order chi connectivity index (χ0) is 6.57. The Hall–Kier alpha value is -1.10. The average molecular weight is 119 g/mol. The summed E-state index contributed by atoms with van der Waals surface area (Å²) in [6.07, 6.45) is 0. The molecule has 2 N–H and O–H groups in total. The molecule has 0 radical (unpaired) electrons. The molecule has 0 bridgehead atoms. The van der Waals surface area contributed by atoms with Gasteiger partial charge in [0.25, 0.3) is 0 Å². The molecule has 0 saturated carbocycles. The number of hydrogen-bond donors (Lipinski definition) is 2. The zero-order valence-corrected chi connectivity index (χ0v) is 4.17. The lowest BCUT2D eigenvalue weighted by Gasteiger charge is -1.92. The van der Waals surface area contributed by atoms with Gasteiger partial charge in [0.1, 0.15) is 0 Å². The van der Waals surface area contributed by atoms with E-state index in [0.717, 1.165) is 0 Å². The van der Waals surface area contributed by atoms with E-state index in [-0.39, 0.29) is 0 Å². The van der Waals surface area contributed by atoms with Crippen LogP contribution in [0.25, 0.3) is 0 Å². The second-order valence-electron chi connectivity index (χ2n) is 0.899. The van der Waals surface area contributed by atoms with Crippen molar-refractivity contribution in [2.45, 2.75) is 0 Å². The van der Waals surface area contributed by atoms with Crippen LogP contribution in [-0.2, 0) is 14.4 Å². The highest BCUT2D eigenvalue weighted by Gasteiger charge is 2.10. The third kappa shape index (κ3) is 2.14. The van der Waals surface area contributed by atoms with Crippen LogP contribution in [-0.4, -0.2) is 24.1 Å². The number of nitrogens with one attached hydrogen (secondary N) is 1. The molecule has 0 fully saturated rings. The van der Waals surface area contributed by atoms with E-state index < -0.39 is 11.9 Å². The van der Waals surface area contributed by atoms with Gasteiger partial charge in [-0.1, -0.05) is 0 Å². The number of rotatable bonds is 1. The van der Waals surface area contributed by atoms with Crippen LogP contribution < -0.4 is 5.48 Å². The zero-order valence-electron chi connectivity index (χ0n) is 4.17. The van der Waals surface area contributed by atoms with Crippen molar-refractivity contribution in [1.29, 1.82) is 0 Å². The minimum atomic E-state index is -1.61. The maximum atomic E-state index is 9.86. The normalized spacial score (nSPS) is 8.12. The van der Waals surface area contributed by atoms with Crippen molar-refractivity contribution in [3.05, 3.63) is 0 Å². The Morgan fingerprint density at radius 3 is 2.25 bits per heavy atom. The Bertz CT molecular complexity index is 110. The van der Waals surface area contributed by atoms with E-state index >= 15 is 0 Å². The predicted molar refractivity (Wildman–Crippen MR) is 22.8 cm³/mol. The Kier molecular flexibility index (Phi) is 2.57. The SMILES string of the molecule is CNOC(=O)C(=O)O. The lowest BCUT2D eigenvalue weighted by atomic mass is 10.7. The minimum absolute atomic E-state index is 1.29. The van der Waals surface area contributed by atoms with Crippen molar-refractivity contribution >= 4 is 11.9 Å². The first-order valence-electron chi connectivity index (χ1n) is 1.79. The fourth-order valence-corrected chi connectivity index (χ4v) is 0.136. The summed E-state index contributed by atoms with van der Waals surface area (Å²) >= 11 is 0. The number of aliphatic carboxylic acids is 1. The summed E-state index contributed by atoms with van der Waals surface area (Å²) in [4.78, 5) is 23.2. The highest BCUT2D eigenvalue weighted by molar-refractivity contribution is 6.28. The van der Waals surface area contributed by atoms with Crippen molar-refractivity contribution in [1.82, 2.24) is 5.48 Å². The molecule has 0 aliphatic rings. The van der Waals surface area contributed by atoms with E-state index in [4.69, 9.17) is 5.11 Å². The van der Waals surface area contributed by atoms with E-state index in [0.29, 0.717) is 0 Å². The Morgan fingerprint density at radius 1 is 1.62 bits per heavy atom. The van der Waals surface area contributed by atoms with E-state index in [2.05, 4.69) is 4.84 Å². The van der Waals surface area contributed by atoms with Crippen LogP contribution in [0.4, 0.5) is 0 Å². The largest absolute Gasteiger partial charge is 0.473 e. The maximum absolute atomic E-state index is 9.86. The van der Waals surface area contributed by atoms with Gasteiger partial charge >= 0.3 is 11.9 Å². The van der Waals surface area contributed by atoms with Gasteiger partial charge in [-0.25, -0.2) is 9.59 Å². The summed E-state index contributed by atoms with van der Waals surface area (Å²) in [5.74, 6) is -2.92. The molecule has 0 amide bonds. The third-order valence-corrected chi connectivity index (χ3v) is 0.369. The molecule has 0 aliphatic carbocycles. The molecule has 5 nitrogen and oxygen atoms in total. The second-order valence-corrected chi connectivity index (χ2v) is 0.899. The smallest absolute Gasteiger partial charge is 0.435 e. The molecule has 0 rings (SSSR count). The first-order chi connectivity index (χ1) is 3.68. The fraction of sp³-hybridized carbons (Fsp3) is 0.333. The fourth-order valence-electron chi connectivity index (χ4n) is 0.136. The summed E-state index contributed by atoms with van der Waals surface area (Å²) in [6, 6.07) is 0. The van der Waals surface area contributed by atoms with Crippen molar-refractivity contribution in [3.63, 3.8) is 0 Å². The number of carboxylic acid groups (broad SMARTS) is 1. The lowest BCUT2D eigenvalue weighted by molar-refractivity contribution is -0.168. The molecular formula is C3H5NO4. The molecule has 5 heteroatoms. The van der Waals surface area contributed by atoms with Gasteiger partial charge in [-0.2, -0.15) is 5.48 Å². The molecule has 8 heavy (non-hydrogen) atoms. The monoisotopic (exact) mass is 119 g/mol. The van der Waals surface area contributed by atoms with Crippen LogP contribution in [0, 0.1) is 0 Å². The lowest BCUT2D eigenvalue weighted by Crippen LogP contribution is -2.22. The molecule has 0 aromatic heterocycles. The number of carbonyl (C=O) groups is 2. The highest BCUT2D eigenvalue weighted by atomic mass is 16.7. The van der Waals surface area contributed by atoms with Crippen molar-refractivity contribution in [3.8, 4) is 0 Å². The molecule has 0 atom stereocenters. The van der Waals surface area contributed by atoms with Crippen LogP contribution in [0.2, 0.25) is 0 Å². The number of hydrogen-bond acceptors (Lipinski definition) is 4. The maximum Gasteiger partial charge on any atom is 0.435 e. The molecule has 0 unspecified atom stereocenters. The third-order valence-electron chi connectivity index (χ3n) is 0.369. The van der Waals surface area contributed by atoms with Gasteiger partial charge in [-0.3, -0.25) is 0 Å². The van der Waals surface area contributed by atoms with Crippen LogP contribution >= 0.6 is 0 Å². The van der Waals surface area contributed by atoms with E-state index in [1.165, 1.54) is 7.05 Å². The summed E-state index contributed by atoms with van der Waals surface area (Å²) in [7, 11) is 1.29. The van der Waals surface area contributed by atoms with Crippen LogP contribution in [0.1, 0.15) is 0 Å². The van der Waals surface area contributed by atoms with Crippen LogP contribution in [0.5, 0.6) is 0 Å². The van der Waals surface area contributed by atoms with E-state index in [9.17, 15) is 9.59 Å². The van der Waals surface area contributed by atoms with Crippen molar-refractivity contribution in [2.75, 3.05) is 7.05 Å². The molecule has 0 aliphatic heterocycles. The van der Waals surface area contributed by atoms with Gasteiger partial charge in [-0.15, -0.1) is 0 Å². The highest BCUT2D eigenvalue weighted by Crippen LogP contribution is 1.68. The molecule has 0 heterocycles. The average Bonchev–Trinajstić information content (AvgIpc) is 1.67.